The van der Waals surface area contributed by atoms with Crippen LogP contribution in [0.1, 0.15) is 33.6 Å². The Morgan fingerprint density at radius 3 is 1.43 bits per heavy atom. The van der Waals surface area contributed by atoms with E-state index in [4.69, 9.17) is 0 Å². The highest BCUT2D eigenvalue weighted by Gasteiger charge is 2.26. The van der Waals surface area contributed by atoms with Crippen LogP contribution in [0.3, 0.4) is 0 Å². The van der Waals surface area contributed by atoms with Crippen molar-refractivity contribution in [1.29, 1.82) is 0 Å². The third-order valence-corrected chi connectivity index (χ3v) is 5.07. The minimum atomic E-state index is -0.487. The fourth-order valence-electron chi connectivity index (χ4n) is 3.20. The lowest BCUT2D eigenvalue weighted by atomic mass is 9.95. The van der Waals surface area contributed by atoms with Gasteiger partial charge in [0.25, 0.3) is 11.1 Å². The van der Waals surface area contributed by atoms with Crippen LogP contribution in [0.2, 0.25) is 0 Å². The van der Waals surface area contributed by atoms with Gasteiger partial charge in [0.1, 0.15) is 0 Å². The van der Waals surface area contributed by atoms with Crippen molar-refractivity contribution in [3.63, 3.8) is 0 Å². The van der Waals surface area contributed by atoms with E-state index in [1.807, 2.05) is 69.3 Å². The van der Waals surface area contributed by atoms with E-state index in [1.54, 1.807) is 0 Å². The molecule has 0 spiro atoms. The molecule has 2 aromatic carbocycles. The van der Waals surface area contributed by atoms with E-state index < -0.39 is 5.54 Å². The molecule has 3 nitrogen and oxygen atoms in total. The Hall–Kier alpha value is -2.42. The Morgan fingerprint density at radius 1 is 0.739 bits per heavy atom. The highest BCUT2D eigenvalue weighted by molar-refractivity contribution is 6.05. The van der Waals surface area contributed by atoms with Crippen molar-refractivity contribution in [3.05, 3.63) is 69.2 Å². The monoisotopic (exact) mass is 307 g/mol. The Balaban J connectivity index is 2.71. The lowest BCUT2D eigenvalue weighted by Crippen LogP contribution is -2.44. The number of benzene rings is 2. The van der Waals surface area contributed by atoms with E-state index in [0.717, 1.165) is 23.6 Å². The van der Waals surface area contributed by atoms with Gasteiger partial charge in [-0.05, 0) is 42.7 Å². The predicted octanol–water partition coefficient (Wildman–Crippen LogP) is 4.05. The maximum atomic E-state index is 13.2. The van der Waals surface area contributed by atoms with Gasteiger partial charge in [0.2, 0.25) is 0 Å². The fraction of sp³-hybridized carbons (Fsp3) is 0.300. The van der Waals surface area contributed by atoms with Gasteiger partial charge in [-0.1, -0.05) is 50.2 Å². The fourth-order valence-corrected chi connectivity index (χ4v) is 3.20. The van der Waals surface area contributed by atoms with Crippen LogP contribution < -0.4 is 11.1 Å². The minimum absolute atomic E-state index is 0.201. The maximum Gasteiger partial charge on any atom is 0.261 e. The average Bonchev–Trinajstić information content (AvgIpc) is 2.69. The van der Waals surface area contributed by atoms with Gasteiger partial charge in [-0.3, -0.25) is 14.2 Å². The summed E-state index contributed by atoms with van der Waals surface area (Å²) in [6.45, 7) is 6.03. The second-order valence-electron chi connectivity index (χ2n) is 6.24. The molecule has 0 bridgehead atoms. The van der Waals surface area contributed by atoms with Crippen LogP contribution in [-0.2, 0) is 5.54 Å². The van der Waals surface area contributed by atoms with Crippen molar-refractivity contribution in [2.75, 3.05) is 0 Å². The zero-order valence-corrected chi connectivity index (χ0v) is 13.8. The molecule has 0 aliphatic heterocycles. The third kappa shape index (κ3) is 2.27. The molecule has 3 heteroatoms. The summed E-state index contributed by atoms with van der Waals surface area (Å²) in [7, 11) is 0. The van der Waals surface area contributed by atoms with Crippen molar-refractivity contribution < 1.29 is 0 Å². The van der Waals surface area contributed by atoms with E-state index in [9.17, 15) is 9.59 Å². The van der Waals surface area contributed by atoms with Crippen LogP contribution in [0.15, 0.2) is 58.1 Å². The lowest BCUT2D eigenvalue weighted by Gasteiger charge is -2.28. The van der Waals surface area contributed by atoms with Crippen molar-refractivity contribution in [2.24, 2.45) is 0 Å². The molecule has 0 aliphatic carbocycles. The molecule has 0 fully saturated rings. The molecular weight excluding hydrogens is 286 g/mol. The molecule has 0 unspecified atom stereocenters. The molecule has 0 saturated heterocycles. The summed E-state index contributed by atoms with van der Waals surface area (Å²) in [6.07, 6.45) is 1.45. The SMILES string of the molecule is CCC(C)(CC)n1c(=O)c2ccccc2c2ccccc2c1=O. The van der Waals surface area contributed by atoms with Crippen LogP contribution in [-0.4, -0.2) is 4.57 Å². The molecule has 1 aromatic heterocycles. The lowest BCUT2D eigenvalue weighted by molar-refractivity contribution is 0.281. The van der Waals surface area contributed by atoms with Crippen LogP contribution >= 0.6 is 0 Å². The zero-order valence-electron chi connectivity index (χ0n) is 13.8. The highest BCUT2D eigenvalue weighted by atomic mass is 16.2. The number of nitrogens with zero attached hydrogens (tertiary/aromatic N) is 1. The summed E-state index contributed by atoms with van der Waals surface area (Å²) in [5.74, 6) is 0. The quantitative estimate of drug-likeness (QED) is 0.732. The second-order valence-corrected chi connectivity index (χ2v) is 6.24. The summed E-state index contributed by atoms with van der Waals surface area (Å²) in [4.78, 5) is 26.4. The van der Waals surface area contributed by atoms with Crippen LogP contribution in [0, 0.1) is 0 Å². The van der Waals surface area contributed by atoms with E-state index in [2.05, 4.69) is 0 Å². The van der Waals surface area contributed by atoms with Crippen LogP contribution in [0.5, 0.6) is 0 Å². The summed E-state index contributed by atoms with van der Waals surface area (Å²) in [5.41, 5.74) is -0.889. The topological polar surface area (TPSA) is 39.1 Å². The number of hydrogen-bond acceptors (Lipinski definition) is 2. The first-order chi connectivity index (χ1) is 11.0. The Morgan fingerprint density at radius 2 is 1.09 bits per heavy atom. The van der Waals surface area contributed by atoms with E-state index in [1.165, 1.54) is 4.57 Å². The minimum Gasteiger partial charge on any atom is -0.269 e. The summed E-state index contributed by atoms with van der Waals surface area (Å²) >= 11 is 0. The molecule has 0 N–H and O–H groups in total. The zero-order chi connectivity index (χ0) is 16.6. The first kappa shape index (κ1) is 15.5. The van der Waals surface area contributed by atoms with Gasteiger partial charge in [0.05, 0.1) is 0 Å². The normalized spacial score (nSPS) is 12.0. The Bertz CT molecular complexity index is 925. The maximum absolute atomic E-state index is 13.2. The summed E-state index contributed by atoms with van der Waals surface area (Å²) < 4.78 is 1.47. The Labute approximate surface area is 135 Å². The van der Waals surface area contributed by atoms with Gasteiger partial charge in [-0.15, -0.1) is 0 Å². The molecule has 3 aromatic rings. The Kier molecular flexibility index (Phi) is 3.80. The van der Waals surface area contributed by atoms with Gasteiger partial charge in [-0.2, -0.15) is 0 Å². The molecule has 23 heavy (non-hydrogen) atoms. The molecule has 118 valence electrons. The molecule has 0 atom stereocenters. The number of aromatic nitrogens is 1. The second kappa shape index (κ2) is 5.65. The first-order valence-corrected chi connectivity index (χ1v) is 8.11. The summed E-state index contributed by atoms with van der Waals surface area (Å²) in [6, 6.07) is 15.0. The van der Waals surface area contributed by atoms with Crippen molar-refractivity contribution in [3.8, 4) is 0 Å². The predicted molar refractivity (Wildman–Crippen MR) is 96.2 cm³/mol. The molecule has 0 amide bonds. The standard InChI is InChI=1S/C20H21NO2/c1-4-20(3,5-2)21-18(22)16-12-8-6-10-14(16)15-11-7-9-13-17(15)19(21)23/h6-13H,4-5H2,1-3H3. The number of hydrogen-bond donors (Lipinski definition) is 0. The highest BCUT2D eigenvalue weighted by Crippen LogP contribution is 2.24. The molecule has 1 heterocycles. The third-order valence-electron chi connectivity index (χ3n) is 5.07. The van der Waals surface area contributed by atoms with Crippen LogP contribution in [0.4, 0.5) is 0 Å². The smallest absolute Gasteiger partial charge is 0.261 e. The molecule has 0 saturated carbocycles. The van der Waals surface area contributed by atoms with Crippen LogP contribution in [0.25, 0.3) is 21.5 Å². The van der Waals surface area contributed by atoms with Gasteiger partial charge in [0, 0.05) is 16.3 Å². The van der Waals surface area contributed by atoms with Crippen molar-refractivity contribution >= 4 is 21.5 Å². The van der Waals surface area contributed by atoms with Crippen molar-refractivity contribution in [1.82, 2.24) is 4.57 Å². The summed E-state index contributed by atoms with van der Waals surface area (Å²) in [5, 5.41) is 2.86. The largest absolute Gasteiger partial charge is 0.269 e. The van der Waals surface area contributed by atoms with Gasteiger partial charge < -0.3 is 0 Å². The molecule has 0 aliphatic rings. The first-order valence-electron chi connectivity index (χ1n) is 8.11. The van der Waals surface area contributed by atoms with Gasteiger partial charge >= 0.3 is 0 Å². The molecule has 0 radical (unpaired) electrons. The average molecular weight is 307 g/mol. The molecule has 3 rings (SSSR count). The van der Waals surface area contributed by atoms with E-state index in [-0.39, 0.29) is 11.1 Å². The molecular formula is C20H21NO2. The number of rotatable bonds is 3. The van der Waals surface area contributed by atoms with E-state index >= 15 is 0 Å². The van der Waals surface area contributed by atoms with E-state index in [0.29, 0.717) is 10.8 Å². The van der Waals surface area contributed by atoms with Gasteiger partial charge in [-0.25, -0.2) is 0 Å². The number of fused-ring (bicyclic) bond motifs is 3. The van der Waals surface area contributed by atoms with Gasteiger partial charge in [0.15, 0.2) is 0 Å². The van der Waals surface area contributed by atoms with Crippen molar-refractivity contribution in [2.45, 2.75) is 39.2 Å².